The predicted molar refractivity (Wildman–Crippen MR) is 130 cm³/mol. The molecular formula is C26H23FN2O5S. The summed E-state index contributed by atoms with van der Waals surface area (Å²) in [7, 11) is 0. The van der Waals surface area contributed by atoms with Crippen LogP contribution in [-0.2, 0) is 14.3 Å². The van der Waals surface area contributed by atoms with Crippen molar-refractivity contribution < 1.29 is 28.2 Å². The van der Waals surface area contributed by atoms with Crippen molar-refractivity contribution in [3.05, 3.63) is 83.7 Å². The highest BCUT2D eigenvalue weighted by Gasteiger charge is 2.30. The van der Waals surface area contributed by atoms with Gasteiger partial charge < -0.3 is 14.8 Å². The Morgan fingerprint density at radius 2 is 1.77 bits per heavy atom. The first-order valence-corrected chi connectivity index (χ1v) is 11.8. The van der Waals surface area contributed by atoms with Crippen LogP contribution in [0.2, 0.25) is 0 Å². The maximum Gasteiger partial charge on any atom is 0.338 e. The number of amides is 2. The van der Waals surface area contributed by atoms with E-state index in [0.29, 0.717) is 22.8 Å². The minimum atomic E-state index is -0.582. The number of nitrogens with zero attached hydrogens (tertiary/aromatic N) is 1. The number of hydrogen-bond acceptors (Lipinski definition) is 6. The van der Waals surface area contributed by atoms with Crippen molar-refractivity contribution >= 4 is 40.9 Å². The van der Waals surface area contributed by atoms with E-state index in [4.69, 9.17) is 9.47 Å². The highest BCUT2D eigenvalue weighted by Crippen LogP contribution is 2.41. The molecule has 3 aromatic carbocycles. The first-order valence-electron chi connectivity index (χ1n) is 11.0. The molecule has 1 aliphatic rings. The van der Waals surface area contributed by atoms with Crippen LogP contribution in [-0.4, -0.2) is 44.1 Å². The molecule has 35 heavy (non-hydrogen) atoms. The normalized spacial score (nSPS) is 12.4. The fourth-order valence-corrected chi connectivity index (χ4v) is 4.58. The molecule has 4 rings (SSSR count). The van der Waals surface area contributed by atoms with Crippen LogP contribution in [0.3, 0.4) is 0 Å². The van der Waals surface area contributed by atoms with Gasteiger partial charge >= 0.3 is 5.97 Å². The van der Waals surface area contributed by atoms with E-state index in [1.165, 1.54) is 40.9 Å². The molecule has 1 heterocycles. The summed E-state index contributed by atoms with van der Waals surface area (Å²) in [6.07, 6.45) is 0. The molecule has 0 bridgehead atoms. The monoisotopic (exact) mass is 494 g/mol. The van der Waals surface area contributed by atoms with Crippen LogP contribution in [0.1, 0.15) is 27.6 Å². The third-order valence-corrected chi connectivity index (χ3v) is 6.32. The Balaban J connectivity index is 1.65. The van der Waals surface area contributed by atoms with E-state index in [9.17, 15) is 18.8 Å². The van der Waals surface area contributed by atoms with Crippen molar-refractivity contribution in [3.63, 3.8) is 0 Å². The molecule has 0 radical (unpaired) electrons. The summed E-state index contributed by atoms with van der Waals surface area (Å²) in [5, 5.41) is 2.51. The number of benzene rings is 3. The van der Waals surface area contributed by atoms with Crippen LogP contribution in [0.15, 0.2) is 76.5 Å². The van der Waals surface area contributed by atoms with Crippen LogP contribution < -0.4 is 10.2 Å². The van der Waals surface area contributed by atoms with E-state index in [-0.39, 0.29) is 31.0 Å². The quantitative estimate of drug-likeness (QED) is 0.359. The summed E-state index contributed by atoms with van der Waals surface area (Å²) < 4.78 is 24.5. The zero-order chi connectivity index (χ0) is 24.8. The molecule has 0 fully saturated rings. The molecule has 0 saturated heterocycles. The number of nitrogens with one attached hydrogen (secondary N) is 1. The molecule has 0 spiro atoms. The summed E-state index contributed by atoms with van der Waals surface area (Å²) in [5.41, 5.74) is 1.06. The largest absolute Gasteiger partial charge is 0.460 e. The van der Waals surface area contributed by atoms with Gasteiger partial charge in [-0.3, -0.25) is 14.5 Å². The number of hydrogen-bond donors (Lipinski definition) is 1. The van der Waals surface area contributed by atoms with Crippen molar-refractivity contribution in [1.29, 1.82) is 0 Å². The highest BCUT2D eigenvalue weighted by molar-refractivity contribution is 7.99. The van der Waals surface area contributed by atoms with E-state index in [0.717, 1.165) is 4.90 Å². The number of fused-ring (bicyclic) bond motifs is 2. The third-order valence-electron chi connectivity index (χ3n) is 5.18. The standard InChI is InChI=1S/C26H23FN2O5S/c1-2-33-13-14-34-26(32)17-11-12-23-21(15-17)29(25(31)18-7-3-6-10-22(18)35-23)16-24(30)28-20-9-5-4-8-19(20)27/h3-12,15H,2,13-14,16H2,1H3,(H,28,30). The first-order chi connectivity index (χ1) is 17.0. The molecule has 3 aromatic rings. The second-order valence-corrected chi connectivity index (χ2v) is 8.62. The number of anilines is 2. The summed E-state index contributed by atoms with van der Waals surface area (Å²) in [4.78, 5) is 41.6. The Kier molecular flexibility index (Phi) is 7.79. The number of esters is 1. The number of para-hydroxylation sites is 1. The summed E-state index contributed by atoms with van der Waals surface area (Å²) in [5.74, 6) is -2.13. The number of carbonyl (C=O) groups is 3. The Labute approximate surface area is 206 Å². The number of halogens is 1. The fraction of sp³-hybridized carbons (Fsp3) is 0.192. The van der Waals surface area contributed by atoms with Crippen LogP contribution in [0, 0.1) is 5.82 Å². The van der Waals surface area contributed by atoms with E-state index < -0.39 is 23.6 Å². The van der Waals surface area contributed by atoms with Gasteiger partial charge in [0.05, 0.1) is 29.1 Å². The lowest BCUT2D eigenvalue weighted by molar-refractivity contribution is -0.115. The minimum absolute atomic E-state index is 0.0152. The molecule has 0 aliphatic carbocycles. The van der Waals surface area contributed by atoms with Gasteiger partial charge in [0.2, 0.25) is 5.91 Å². The van der Waals surface area contributed by atoms with Gasteiger partial charge in [0.15, 0.2) is 0 Å². The average Bonchev–Trinajstić information content (AvgIpc) is 2.97. The van der Waals surface area contributed by atoms with Crippen molar-refractivity contribution in [2.45, 2.75) is 16.7 Å². The molecule has 1 aliphatic heterocycles. The van der Waals surface area contributed by atoms with E-state index in [1.54, 1.807) is 30.3 Å². The molecule has 0 atom stereocenters. The average molecular weight is 495 g/mol. The zero-order valence-corrected chi connectivity index (χ0v) is 19.8. The Morgan fingerprint density at radius 1 is 1.00 bits per heavy atom. The van der Waals surface area contributed by atoms with Crippen LogP contribution in [0.5, 0.6) is 0 Å². The summed E-state index contributed by atoms with van der Waals surface area (Å²) in [6, 6.07) is 17.7. The van der Waals surface area contributed by atoms with Gasteiger partial charge in [0, 0.05) is 16.4 Å². The molecule has 9 heteroatoms. The molecule has 0 unspecified atom stereocenters. The maximum atomic E-state index is 14.0. The topological polar surface area (TPSA) is 84.9 Å². The van der Waals surface area contributed by atoms with Gasteiger partial charge in [-0.05, 0) is 49.4 Å². The van der Waals surface area contributed by atoms with Gasteiger partial charge in [-0.15, -0.1) is 0 Å². The molecule has 0 aromatic heterocycles. The van der Waals surface area contributed by atoms with Gasteiger partial charge in [0.25, 0.3) is 5.91 Å². The van der Waals surface area contributed by atoms with E-state index in [1.807, 2.05) is 19.1 Å². The lowest BCUT2D eigenvalue weighted by Gasteiger charge is -2.23. The number of carbonyl (C=O) groups excluding carboxylic acids is 3. The molecule has 1 N–H and O–H groups in total. The second-order valence-electron chi connectivity index (χ2n) is 7.53. The van der Waals surface area contributed by atoms with Crippen LogP contribution >= 0.6 is 11.8 Å². The Hall–Kier alpha value is -3.69. The van der Waals surface area contributed by atoms with Gasteiger partial charge in [-0.25, -0.2) is 9.18 Å². The second kappa shape index (κ2) is 11.2. The van der Waals surface area contributed by atoms with Crippen molar-refractivity contribution in [1.82, 2.24) is 0 Å². The summed E-state index contributed by atoms with van der Waals surface area (Å²) in [6.45, 7) is 2.35. The van der Waals surface area contributed by atoms with Gasteiger partial charge in [-0.2, -0.15) is 0 Å². The predicted octanol–water partition coefficient (Wildman–Crippen LogP) is 4.77. The molecule has 180 valence electrons. The summed E-state index contributed by atoms with van der Waals surface area (Å²) >= 11 is 1.36. The Morgan fingerprint density at radius 3 is 2.57 bits per heavy atom. The van der Waals surface area contributed by atoms with Crippen molar-refractivity contribution in [3.8, 4) is 0 Å². The fourth-order valence-electron chi connectivity index (χ4n) is 3.52. The maximum absolute atomic E-state index is 14.0. The minimum Gasteiger partial charge on any atom is -0.460 e. The highest BCUT2D eigenvalue weighted by atomic mass is 32.2. The third kappa shape index (κ3) is 5.70. The smallest absolute Gasteiger partial charge is 0.338 e. The van der Waals surface area contributed by atoms with Gasteiger partial charge in [-0.1, -0.05) is 36.0 Å². The first kappa shape index (κ1) is 24.4. The number of ether oxygens (including phenoxy) is 2. The molecule has 7 nitrogen and oxygen atoms in total. The lowest BCUT2D eigenvalue weighted by Crippen LogP contribution is -2.38. The van der Waals surface area contributed by atoms with Crippen LogP contribution in [0.25, 0.3) is 0 Å². The molecule has 2 amide bonds. The van der Waals surface area contributed by atoms with E-state index >= 15 is 0 Å². The number of rotatable bonds is 8. The van der Waals surface area contributed by atoms with E-state index in [2.05, 4.69) is 5.32 Å². The van der Waals surface area contributed by atoms with Crippen molar-refractivity contribution in [2.75, 3.05) is 36.6 Å². The lowest BCUT2D eigenvalue weighted by atomic mass is 10.1. The molecular weight excluding hydrogens is 471 g/mol. The van der Waals surface area contributed by atoms with Gasteiger partial charge in [0.1, 0.15) is 19.0 Å². The van der Waals surface area contributed by atoms with Crippen LogP contribution in [0.4, 0.5) is 15.8 Å². The van der Waals surface area contributed by atoms with Crippen molar-refractivity contribution in [2.24, 2.45) is 0 Å². The Bertz CT molecular complexity index is 1270. The SMILES string of the molecule is CCOCCOC(=O)c1ccc2c(c1)N(CC(=O)Nc1ccccc1F)C(=O)c1ccccc1S2. The zero-order valence-electron chi connectivity index (χ0n) is 19.0. The molecule has 0 saturated carbocycles.